The lowest BCUT2D eigenvalue weighted by molar-refractivity contribution is 0.0370. The smallest absolute Gasteiger partial charge is 0.266 e. The molecular formula is C24H25F3N4O2. The number of anilines is 1. The Morgan fingerprint density at radius 3 is 2.85 bits per heavy atom. The Kier molecular flexibility index (Phi) is 5.74. The molecule has 9 heteroatoms. The summed E-state index contributed by atoms with van der Waals surface area (Å²) in [5.74, 6) is 1.77. The number of nitrogens with one attached hydrogen (secondary N) is 1. The van der Waals surface area contributed by atoms with Gasteiger partial charge >= 0.3 is 0 Å². The second-order valence-corrected chi connectivity index (χ2v) is 8.56. The molecule has 1 saturated heterocycles. The highest BCUT2D eigenvalue weighted by Crippen LogP contribution is 2.43. The van der Waals surface area contributed by atoms with Crippen LogP contribution in [0.25, 0.3) is 10.9 Å². The molecule has 0 spiro atoms. The number of ether oxygens (including phenoxy) is 2. The maximum atomic E-state index is 14.4. The fourth-order valence-corrected chi connectivity index (χ4v) is 4.44. The third kappa shape index (κ3) is 4.17. The topological polar surface area (TPSA) is 59.5 Å². The Balaban J connectivity index is 1.43. The summed E-state index contributed by atoms with van der Waals surface area (Å²) >= 11 is 0. The zero-order valence-corrected chi connectivity index (χ0v) is 18.5. The van der Waals surface area contributed by atoms with Crippen LogP contribution in [0.1, 0.15) is 28.9 Å². The van der Waals surface area contributed by atoms with Gasteiger partial charge in [0.25, 0.3) is 6.43 Å². The largest absolute Gasteiger partial charge is 0.489 e. The summed E-state index contributed by atoms with van der Waals surface area (Å²) in [5.41, 5.74) is 1.47. The van der Waals surface area contributed by atoms with Crippen molar-refractivity contribution in [2.45, 2.75) is 32.3 Å². The van der Waals surface area contributed by atoms with E-state index in [0.29, 0.717) is 30.5 Å². The van der Waals surface area contributed by atoms with Gasteiger partial charge in [-0.15, -0.1) is 0 Å². The van der Waals surface area contributed by atoms with Gasteiger partial charge in [-0.1, -0.05) is 18.2 Å². The van der Waals surface area contributed by atoms with E-state index in [1.165, 1.54) is 12.1 Å². The summed E-state index contributed by atoms with van der Waals surface area (Å²) in [6.45, 7) is 4.41. The highest BCUT2D eigenvalue weighted by atomic mass is 19.3. The zero-order chi connectivity index (χ0) is 23.1. The molecule has 3 heterocycles. The van der Waals surface area contributed by atoms with Crippen LogP contribution in [-0.4, -0.2) is 54.3 Å². The van der Waals surface area contributed by atoms with Crippen molar-refractivity contribution in [1.29, 1.82) is 0 Å². The molecule has 1 aromatic heterocycles. The zero-order valence-electron chi connectivity index (χ0n) is 18.5. The highest BCUT2D eigenvalue weighted by molar-refractivity contribution is 5.95. The van der Waals surface area contributed by atoms with E-state index in [1.807, 2.05) is 20.0 Å². The highest BCUT2D eigenvalue weighted by Gasteiger charge is 2.29. The minimum atomic E-state index is -2.84. The summed E-state index contributed by atoms with van der Waals surface area (Å²) in [6, 6.07) is 5.99. The molecule has 5 rings (SSSR count). The lowest BCUT2D eigenvalue weighted by atomic mass is 10.1. The Morgan fingerprint density at radius 2 is 2.09 bits per heavy atom. The molecular weight excluding hydrogens is 433 g/mol. The summed E-state index contributed by atoms with van der Waals surface area (Å²) in [7, 11) is 2.04. The minimum Gasteiger partial charge on any atom is -0.489 e. The van der Waals surface area contributed by atoms with Crippen molar-refractivity contribution in [3.05, 3.63) is 52.6 Å². The first-order valence-corrected chi connectivity index (χ1v) is 11.0. The molecule has 33 heavy (non-hydrogen) atoms. The van der Waals surface area contributed by atoms with Crippen LogP contribution < -0.4 is 14.8 Å². The Bertz CT molecular complexity index is 1200. The number of halogens is 3. The summed E-state index contributed by atoms with van der Waals surface area (Å²) < 4.78 is 52.5. The molecule has 2 aliphatic rings. The van der Waals surface area contributed by atoms with E-state index in [1.54, 1.807) is 0 Å². The van der Waals surface area contributed by atoms with Crippen LogP contribution in [0.15, 0.2) is 24.3 Å². The molecule has 6 nitrogen and oxygen atoms in total. The van der Waals surface area contributed by atoms with Crippen molar-refractivity contribution in [2.24, 2.45) is 0 Å². The molecule has 3 aromatic rings. The number of likely N-dealkylation sites (N-methyl/N-ethyl adjacent to an activating group) is 1. The average Bonchev–Trinajstić information content (AvgIpc) is 3.25. The fourth-order valence-electron chi connectivity index (χ4n) is 4.44. The number of aryl methyl sites for hydroxylation is 1. The SMILES string of the molecule is Cc1nc(NCCc2cccc(C(F)F)c2F)c2cc(OC3CN(C)C3)c3c(c2n1)CCO3. The van der Waals surface area contributed by atoms with Gasteiger partial charge in [0.1, 0.15) is 23.6 Å². The summed E-state index contributed by atoms with van der Waals surface area (Å²) in [4.78, 5) is 11.4. The Labute approximate surface area is 189 Å². The maximum absolute atomic E-state index is 14.4. The first kappa shape index (κ1) is 21.8. The van der Waals surface area contributed by atoms with Gasteiger partial charge in [0.2, 0.25) is 0 Å². The van der Waals surface area contributed by atoms with E-state index in [9.17, 15) is 13.2 Å². The predicted molar refractivity (Wildman–Crippen MR) is 119 cm³/mol. The number of alkyl halides is 2. The molecule has 0 aliphatic carbocycles. The van der Waals surface area contributed by atoms with Crippen molar-refractivity contribution >= 4 is 16.7 Å². The van der Waals surface area contributed by atoms with Crippen LogP contribution in [0.5, 0.6) is 11.5 Å². The molecule has 174 valence electrons. The molecule has 1 N–H and O–H groups in total. The van der Waals surface area contributed by atoms with Gasteiger partial charge < -0.3 is 14.8 Å². The second-order valence-electron chi connectivity index (χ2n) is 8.56. The third-order valence-electron chi connectivity index (χ3n) is 6.07. The molecule has 1 fully saturated rings. The molecule has 0 amide bonds. The van der Waals surface area contributed by atoms with E-state index in [4.69, 9.17) is 9.47 Å². The van der Waals surface area contributed by atoms with Crippen molar-refractivity contribution in [3.63, 3.8) is 0 Å². The lowest BCUT2D eigenvalue weighted by Crippen LogP contribution is -2.51. The molecule has 0 bridgehead atoms. The number of aromatic nitrogens is 2. The monoisotopic (exact) mass is 458 g/mol. The van der Waals surface area contributed by atoms with Crippen LogP contribution in [0, 0.1) is 12.7 Å². The number of likely N-dealkylation sites (tertiary alicyclic amines) is 1. The summed E-state index contributed by atoms with van der Waals surface area (Å²) in [6.07, 6.45) is -1.77. The van der Waals surface area contributed by atoms with Crippen LogP contribution in [0.3, 0.4) is 0 Å². The number of nitrogens with zero attached hydrogens (tertiary/aromatic N) is 3. The first-order chi connectivity index (χ1) is 15.9. The van der Waals surface area contributed by atoms with E-state index in [2.05, 4.69) is 20.2 Å². The van der Waals surface area contributed by atoms with E-state index in [0.717, 1.165) is 47.8 Å². The standard InChI is InChI=1S/C24H25F3N4O2/c1-13-29-21-17-7-9-32-22(17)19(33-15-11-31(2)12-15)10-18(21)24(30-13)28-8-6-14-4-3-5-16(20(14)25)23(26)27/h3-5,10,15,23H,6-9,11-12H2,1-2H3,(H,28,29,30). The van der Waals surface area contributed by atoms with E-state index < -0.39 is 17.8 Å². The number of hydrogen-bond acceptors (Lipinski definition) is 6. The second kappa shape index (κ2) is 8.70. The summed E-state index contributed by atoms with van der Waals surface area (Å²) in [5, 5.41) is 4.05. The van der Waals surface area contributed by atoms with Crippen LogP contribution >= 0.6 is 0 Å². The average molecular weight is 458 g/mol. The van der Waals surface area contributed by atoms with E-state index in [-0.39, 0.29) is 18.1 Å². The van der Waals surface area contributed by atoms with Gasteiger partial charge in [0.05, 0.1) is 17.7 Å². The van der Waals surface area contributed by atoms with Crippen molar-refractivity contribution < 1.29 is 22.6 Å². The molecule has 2 aliphatic heterocycles. The normalized spacial score (nSPS) is 16.1. The Hall–Kier alpha value is -3.07. The molecule has 0 atom stereocenters. The fraction of sp³-hybridized carbons (Fsp3) is 0.417. The molecule has 0 radical (unpaired) electrons. The number of rotatable bonds is 7. The van der Waals surface area contributed by atoms with Gasteiger partial charge in [-0.3, -0.25) is 4.90 Å². The number of benzene rings is 2. The van der Waals surface area contributed by atoms with Gasteiger partial charge in [-0.25, -0.2) is 23.1 Å². The first-order valence-electron chi connectivity index (χ1n) is 11.0. The number of fused-ring (bicyclic) bond motifs is 3. The molecule has 0 unspecified atom stereocenters. The predicted octanol–water partition coefficient (Wildman–Crippen LogP) is 4.30. The van der Waals surface area contributed by atoms with Gasteiger partial charge in [0.15, 0.2) is 11.5 Å². The van der Waals surface area contributed by atoms with Gasteiger partial charge in [-0.05, 0) is 32.0 Å². The van der Waals surface area contributed by atoms with Gasteiger partial charge in [-0.2, -0.15) is 0 Å². The minimum absolute atomic E-state index is 0.105. The quantitative estimate of drug-likeness (QED) is 0.570. The van der Waals surface area contributed by atoms with Crippen LogP contribution in [0.2, 0.25) is 0 Å². The molecule has 0 saturated carbocycles. The number of hydrogen-bond donors (Lipinski definition) is 1. The lowest BCUT2D eigenvalue weighted by Gasteiger charge is -2.36. The van der Waals surface area contributed by atoms with Crippen molar-refractivity contribution in [3.8, 4) is 11.5 Å². The van der Waals surface area contributed by atoms with E-state index >= 15 is 0 Å². The third-order valence-corrected chi connectivity index (χ3v) is 6.07. The van der Waals surface area contributed by atoms with Crippen LogP contribution in [0.4, 0.5) is 19.0 Å². The molecule has 2 aromatic carbocycles. The van der Waals surface area contributed by atoms with Crippen molar-refractivity contribution in [2.75, 3.05) is 38.6 Å². The van der Waals surface area contributed by atoms with Crippen LogP contribution in [-0.2, 0) is 12.8 Å². The van der Waals surface area contributed by atoms with Crippen molar-refractivity contribution in [1.82, 2.24) is 14.9 Å². The Morgan fingerprint density at radius 1 is 1.27 bits per heavy atom. The van der Waals surface area contributed by atoms with Gasteiger partial charge in [0, 0.05) is 37.0 Å². The maximum Gasteiger partial charge on any atom is 0.266 e.